The van der Waals surface area contributed by atoms with E-state index in [9.17, 15) is 14.9 Å². The number of benzene rings is 2. The van der Waals surface area contributed by atoms with E-state index in [2.05, 4.69) is 5.32 Å². The second-order valence-electron chi connectivity index (χ2n) is 7.15. The highest BCUT2D eigenvalue weighted by Crippen LogP contribution is 2.41. The molecule has 142 valence electrons. The van der Waals surface area contributed by atoms with Gasteiger partial charge in [0.1, 0.15) is 17.1 Å². The lowest BCUT2D eigenvalue weighted by molar-refractivity contribution is -0.385. The maximum absolute atomic E-state index is 12.6. The van der Waals surface area contributed by atoms with E-state index < -0.39 is 10.5 Å². The summed E-state index contributed by atoms with van der Waals surface area (Å²) in [7, 11) is 1.58. The minimum atomic E-state index is -0.472. The molecule has 1 aliphatic rings. The highest BCUT2D eigenvalue weighted by molar-refractivity contribution is 5.80. The number of ether oxygens (including phenoxy) is 2. The van der Waals surface area contributed by atoms with E-state index in [4.69, 9.17) is 9.47 Å². The predicted octanol–water partition coefficient (Wildman–Crippen LogP) is 3.56. The number of carbonyl (C=O) groups excluding carboxylic acids is 1. The summed E-state index contributed by atoms with van der Waals surface area (Å²) >= 11 is 0. The Morgan fingerprint density at radius 3 is 2.78 bits per heavy atom. The normalized spacial score (nSPS) is 17.4. The Labute approximate surface area is 157 Å². The zero-order valence-corrected chi connectivity index (χ0v) is 15.5. The molecule has 2 aromatic carbocycles. The summed E-state index contributed by atoms with van der Waals surface area (Å²) in [5.74, 6) is 1.10. The number of amides is 1. The first-order valence-corrected chi connectivity index (χ1v) is 8.68. The number of nitro groups is 1. The van der Waals surface area contributed by atoms with Crippen LogP contribution in [-0.2, 0) is 11.2 Å². The molecule has 0 radical (unpaired) electrons. The molecular weight excluding hydrogens is 348 g/mol. The van der Waals surface area contributed by atoms with E-state index in [0.29, 0.717) is 23.5 Å². The van der Waals surface area contributed by atoms with Gasteiger partial charge < -0.3 is 14.8 Å². The second kappa shape index (κ2) is 7.26. The van der Waals surface area contributed by atoms with Crippen molar-refractivity contribution >= 4 is 11.6 Å². The smallest absolute Gasteiger partial charge is 0.273 e. The fourth-order valence-corrected chi connectivity index (χ4v) is 3.35. The van der Waals surface area contributed by atoms with Gasteiger partial charge in [-0.15, -0.1) is 0 Å². The van der Waals surface area contributed by atoms with Crippen molar-refractivity contribution in [1.82, 2.24) is 5.32 Å². The van der Waals surface area contributed by atoms with E-state index in [1.165, 1.54) is 6.07 Å². The topological polar surface area (TPSA) is 90.7 Å². The molecule has 1 aliphatic heterocycles. The third-order valence-electron chi connectivity index (χ3n) is 4.55. The third-order valence-corrected chi connectivity index (χ3v) is 4.55. The Kier molecular flexibility index (Phi) is 5.03. The quantitative estimate of drug-likeness (QED) is 0.642. The van der Waals surface area contributed by atoms with Crippen LogP contribution in [0.4, 0.5) is 5.69 Å². The van der Waals surface area contributed by atoms with Gasteiger partial charge in [-0.3, -0.25) is 14.9 Å². The van der Waals surface area contributed by atoms with Crippen LogP contribution >= 0.6 is 0 Å². The van der Waals surface area contributed by atoms with Gasteiger partial charge in [-0.2, -0.15) is 0 Å². The van der Waals surface area contributed by atoms with Crippen LogP contribution in [0.5, 0.6) is 11.5 Å². The van der Waals surface area contributed by atoms with E-state index in [1.807, 2.05) is 32.0 Å². The molecule has 1 N–H and O–H groups in total. The number of methoxy groups -OCH3 is 1. The van der Waals surface area contributed by atoms with Gasteiger partial charge in [0.25, 0.3) is 5.69 Å². The number of hydrogen-bond acceptors (Lipinski definition) is 5. The SMILES string of the molecule is COc1ccc2c(c1)[C@@H](NC(=O)Cc1ccccc1[N+](=O)[O-])CC(C)(C)O2. The number of hydrogen-bond donors (Lipinski definition) is 1. The van der Waals surface area contributed by atoms with Crippen molar-refractivity contribution in [3.05, 3.63) is 63.7 Å². The lowest BCUT2D eigenvalue weighted by Gasteiger charge is -2.38. The fourth-order valence-electron chi connectivity index (χ4n) is 3.35. The first-order valence-electron chi connectivity index (χ1n) is 8.68. The van der Waals surface area contributed by atoms with Crippen molar-refractivity contribution in [1.29, 1.82) is 0 Å². The highest BCUT2D eigenvalue weighted by Gasteiger charge is 2.35. The van der Waals surface area contributed by atoms with Crippen molar-refractivity contribution < 1.29 is 19.2 Å². The van der Waals surface area contributed by atoms with Crippen molar-refractivity contribution in [2.45, 2.75) is 38.3 Å². The van der Waals surface area contributed by atoms with Crippen molar-refractivity contribution in [2.75, 3.05) is 7.11 Å². The Bertz CT molecular complexity index is 878. The van der Waals surface area contributed by atoms with Crippen LogP contribution in [0, 0.1) is 10.1 Å². The minimum absolute atomic E-state index is 0.0537. The molecule has 0 aromatic heterocycles. The maximum Gasteiger partial charge on any atom is 0.273 e. The third kappa shape index (κ3) is 4.19. The summed E-state index contributed by atoms with van der Waals surface area (Å²) in [5, 5.41) is 14.2. The summed E-state index contributed by atoms with van der Waals surface area (Å²) in [4.78, 5) is 23.3. The van der Waals surface area contributed by atoms with E-state index >= 15 is 0 Å². The average molecular weight is 370 g/mol. The van der Waals surface area contributed by atoms with E-state index in [1.54, 1.807) is 25.3 Å². The van der Waals surface area contributed by atoms with E-state index in [-0.39, 0.29) is 24.1 Å². The second-order valence-corrected chi connectivity index (χ2v) is 7.15. The predicted molar refractivity (Wildman–Crippen MR) is 100 cm³/mol. The lowest BCUT2D eigenvalue weighted by atomic mass is 9.89. The van der Waals surface area contributed by atoms with Crippen LogP contribution < -0.4 is 14.8 Å². The van der Waals surface area contributed by atoms with Gasteiger partial charge in [0.05, 0.1) is 24.5 Å². The first kappa shape index (κ1) is 18.7. The summed E-state index contributed by atoms with van der Waals surface area (Å²) in [5.41, 5.74) is 0.724. The molecule has 1 heterocycles. The van der Waals surface area contributed by atoms with Crippen LogP contribution in [0.25, 0.3) is 0 Å². The Morgan fingerprint density at radius 2 is 2.07 bits per heavy atom. The molecule has 7 nitrogen and oxygen atoms in total. The molecule has 0 spiro atoms. The van der Waals surface area contributed by atoms with E-state index in [0.717, 1.165) is 5.56 Å². The number of nitrogens with one attached hydrogen (secondary N) is 1. The highest BCUT2D eigenvalue weighted by atomic mass is 16.6. The Hall–Kier alpha value is -3.09. The Balaban J connectivity index is 1.83. The molecule has 3 rings (SSSR count). The molecule has 0 bridgehead atoms. The van der Waals surface area contributed by atoms with Gasteiger partial charge in [-0.25, -0.2) is 0 Å². The standard InChI is InChI=1S/C20H22N2O5/c1-20(2)12-16(15-11-14(26-3)8-9-18(15)27-20)21-19(23)10-13-6-4-5-7-17(13)22(24)25/h4-9,11,16H,10,12H2,1-3H3,(H,21,23)/t16-/m0/s1. The van der Waals surface area contributed by atoms with Gasteiger partial charge >= 0.3 is 0 Å². The van der Waals surface area contributed by atoms with Gasteiger partial charge in [0.2, 0.25) is 5.91 Å². The van der Waals surface area contributed by atoms with Gasteiger partial charge in [0, 0.05) is 23.6 Å². The molecule has 27 heavy (non-hydrogen) atoms. The molecule has 0 unspecified atom stereocenters. The Morgan fingerprint density at radius 1 is 1.33 bits per heavy atom. The largest absolute Gasteiger partial charge is 0.497 e. The lowest BCUT2D eigenvalue weighted by Crippen LogP contribution is -2.41. The summed E-state index contributed by atoms with van der Waals surface area (Å²) in [6.07, 6.45) is 0.518. The molecule has 2 aromatic rings. The fraction of sp³-hybridized carbons (Fsp3) is 0.350. The number of nitrogens with zero attached hydrogens (tertiary/aromatic N) is 1. The van der Waals surface area contributed by atoms with Crippen LogP contribution in [-0.4, -0.2) is 23.5 Å². The van der Waals surface area contributed by atoms with Crippen molar-refractivity contribution in [2.24, 2.45) is 0 Å². The molecule has 7 heteroatoms. The zero-order chi connectivity index (χ0) is 19.6. The number of para-hydroxylation sites is 1. The number of fused-ring (bicyclic) bond motifs is 1. The van der Waals surface area contributed by atoms with Gasteiger partial charge in [0.15, 0.2) is 0 Å². The maximum atomic E-state index is 12.6. The molecule has 1 atom stereocenters. The van der Waals surface area contributed by atoms with Crippen LogP contribution in [0.2, 0.25) is 0 Å². The summed E-state index contributed by atoms with van der Waals surface area (Å²) in [6, 6.07) is 11.5. The molecule has 0 aliphatic carbocycles. The summed E-state index contributed by atoms with van der Waals surface area (Å²) in [6.45, 7) is 3.92. The van der Waals surface area contributed by atoms with Crippen molar-refractivity contribution in [3.8, 4) is 11.5 Å². The summed E-state index contributed by atoms with van der Waals surface area (Å²) < 4.78 is 11.3. The van der Waals surface area contributed by atoms with Gasteiger partial charge in [-0.05, 0) is 32.0 Å². The molecule has 1 amide bonds. The number of rotatable bonds is 5. The zero-order valence-electron chi connectivity index (χ0n) is 15.5. The van der Waals surface area contributed by atoms with Gasteiger partial charge in [-0.1, -0.05) is 18.2 Å². The van der Waals surface area contributed by atoms with Crippen LogP contribution in [0.1, 0.15) is 37.4 Å². The first-order chi connectivity index (χ1) is 12.8. The molecular formula is C20H22N2O5. The molecule has 0 fully saturated rings. The molecule has 0 saturated heterocycles. The van der Waals surface area contributed by atoms with Crippen molar-refractivity contribution in [3.63, 3.8) is 0 Å². The number of carbonyl (C=O) groups is 1. The average Bonchev–Trinajstić information content (AvgIpc) is 2.60. The minimum Gasteiger partial charge on any atom is -0.497 e. The monoisotopic (exact) mass is 370 g/mol. The van der Waals surface area contributed by atoms with Crippen LogP contribution in [0.15, 0.2) is 42.5 Å². The molecule has 0 saturated carbocycles. The number of nitro benzene ring substituents is 1. The van der Waals surface area contributed by atoms with Crippen LogP contribution in [0.3, 0.4) is 0 Å².